The number of aliphatic hydroxyl groups is 1. The molecule has 5 nitrogen and oxygen atoms in total. The van der Waals surface area contributed by atoms with Crippen LogP contribution in [0.25, 0.3) is 0 Å². The van der Waals surface area contributed by atoms with E-state index in [4.69, 9.17) is 0 Å². The number of amides is 2. The molecule has 0 saturated heterocycles. The molecule has 0 spiro atoms. The second-order valence-electron chi connectivity index (χ2n) is 6.52. The van der Waals surface area contributed by atoms with Crippen LogP contribution < -0.4 is 10.6 Å². The first-order valence-corrected chi connectivity index (χ1v) is 8.35. The van der Waals surface area contributed by atoms with Crippen molar-refractivity contribution in [2.45, 2.75) is 51.6 Å². The summed E-state index contributed by atoms with van der Waals surface area (Å²) in [4.78, 5) is 23.9. The highest BCUT2D eigenvalue weighted by Gasteiger charge is 2.24. The monoisotopic (exact) mass is 318 g/mol. The first kappa shape index (κ1) is 17.5. The van der Waals surface area contributed by atoms with Gasteiger partial charge in [0.25, 0.3) is 0 Å². The number of anilines is 1. The van der Waals surface area contributed by atoms with Crippen LogP contribution in [0.3, 0.4) is 0 Å². The number of benzene rings is 1. The van der Waals surface area contributed by atoms with Crippen LogP contribution in [-0.2, 0) is 9.59 Å². The molecule has 1 aromatic rings. The van der Waals surface area contributed by atoms with Gasteiger partial charge in [-0.2, -0.15) is 0 Å². The lowest BCUT2D eigenvalue weighted by molar-refractivity contribution is -0.136. The highest BCUT2D eigenvalue weighted by atomic mass is 16.3. The molecule has 0 bridgehead atoms. The molecule has 1 atom stereocenters. The first-order chi connectivity index (χ1) is 11.0. The van der Waals surface area contributed by atoms with Crippen molar-refractivity contribution >= 4 is 17.5 Å². The molecule has 1 aromatic carbocycles. The van der Waals surface area contributed by atoms with Gasteiger partial charge < -0.3 is 15.7 Å². The van der Waals surface area contributed by atoms with Crippen LogP contribution in [0.5, 0.6) is 0 Å². The van der Waals surface area contributed by atoms with Crippen molar-refractivity contribution in [2.24, 2.45) is 5.92 Å². The summed E-state index contributed by atoms with van der Waals surface area (Å²) in [5.74, 6) is -0.920. The fourth-order valence-corrected chi connectivity index (χ4v) is 3.08. The highest BCUT2D eigenvalue weighted by molar-refractivity contribution is 6.39. The molecular weight excluding hydrogens is 292 g/mol. The van der Waals surface area contributed by atoms with E-state index < -0.39 is 17.9 Å². The number of hydrogen-bond acceptors (Lipinski definition) is 3. The van der Waals surface area contributed by atoms with Crippen LogP contribution in [-0.4, -0.2) is 29.6 Å². The lowest BCUT2D eigenvalue weighted by atomic mass is 10.0. The summed E-state index contributed by atoms with van der Waals surface area (Å²) in [6, 6.07) is 7.45. The van der Waals surface area contributed by atoms with Crippen LogP contribution in [0, 0.1) is 5.92 Å². The van der Waals surface area contributed by atoms with Gasteiger partial charge in [-0.25, -0.2) is 0 Å². The van der Waals surface area contributed by atoms with Gasteiger partial charge in [0, 0.05) is 12.2 Å². The van der Waals surface area contributed by atoms with Gasteiger partial charge in [0.1, 0.15) is 0 Å². The molecule has 1 saturated carbocycles. The third-order valence-electron chi connectivity index (χ3n) is 4.45. The third kappa shape index (κ3) is 4.79. The number of hydrogen-bond donors (Lipinski definition) is 3. The van der Waals surface area contributed by atoms with Crippen LogP contribution in [0.2, 0.25) is 0 Å². The molecule has 1 aliphatic rings. The Labute approximate surface area is 137 Å². The maximum atomic E-state index is 12.0. The number of carbonyl (C=O) groups is 2. The van der Waals surface area contributed by atoms with Crippen LogP contribution in [0.1, 0.15) is 51.0 Å². The van der Waals surface area contributed by atoms with Crippen LogP contribution in [0.15, 0.2) is 24.3 Å². The van der Waals surface area contributed by atoms with Crippen molar-refractivity contribution in [3.05, 3.63) is 29.8 Å². The Morgan fingerprint density at radius 2 is 1.83 bits per heavy atom. The molecule has 126 valence electrons. The molecule has 0 radical (unpaired) electrons. The van der Waals surface area contributed by atoms with Gasteiger partial charge in [-0.05, 0) is 36.3 Å². The predicted molar refractivity (Wildman–Crippen MR) is 90.1 cm³/mol. The maximum Gasteiger partial charge on any atom is 0.313 e. The number of para-hydroxylation sites is 1. The summed E-state index contributed by atoms with van der Waals surface area (Å²) in [5.41, 5.74) is 1.64. The Balaban J connectivity index is 1.86. The summed E-state index contributed by atoms with van der Waals surface area (Å²) < 4.78 is 0. The SMILES string of the molecule is CC(C)c1ccccc1NC(=O)C(=O)NCC(O)C1CCCC1. The number of rotatable bonds is 5. The summed E-state index contributed by atoms with van der Waals surface area (Å²) in [7, 11) is 0. The largest absolute Gasteiger partial charge is 0.391 e. The first-order valence-electron chi connectivity index (χ1n) is 8.35. The number of aliphatic hydroxyl groups excluding tert-OH is 1. The summed E-state index contributed by atoms with van der Waals surface area (Å²) >= 11 is 0. The maximum absolute atomic E-state index is 12.0. The van der Waals surface area contributed by atoms with E-state index in [2.05, 4.69) is 10.6 Å². The van der Waals surface area contributed by atoms with E-state index in [1.807, 2.05) is 32.0 Å². The molecule has 0 aromatic heterocycles. The predicted octanol–water partition coefficient (Wildman–Crippen LogP) is 2.42. The van der Waals surface area contributed by atoms with Crippen LogP contribution in [0.4, 0.5) is 5.69 Å². The molecule has 0 aliphatic heterocycles. The van der Waals surface area contributed by atoms with E-state index in [9.17, 15) is 14.7 Å². The Kier molecular flexibility index (Phi) is 6.16. The minimum Gasteiger partial charge on any atom is -0.391 e. The number of nitrogens with one attached hydrogen (secondary N) is 2. The van der Waals surface area contributed by atoms with E-state index in [1.165, 1.54) is 0 Å². The lowest BCUT2D eigenvalue weighted by Crippen LogP contribution is -2.41. The van der Waals surface area contributed by atoms with Crippen LogP contribution >= 0.6 is 0 Å². The second kappa shape index (κ2) is 8.11. The van der Waals surface area contributed by atoms with Crippen molar-refractivity contribution in [1.29, 1.82) is 0 Å². The quantitative estimate of drug-likeness (QED) is 0.730. The van der Waals surface area contributed by atoms with E-state index in [0.717, 1.165) is 31.2 Å². The molecule has 1 fully saturated rings. The number of carbonyl (C=O) groups excluding carboxylic acids is 2. The zero-order valence-corrected chi connectivity index (χ0v) is 13.8. The Hall–Kier alpha value is -1.88. The molecule has 23 heavy (non-hydrogen) atoms. The molecule has 2 rings (SSSR count). The molecule has 3 N–H and O–H groups in total. The van der Waals surface area contributed by atoms with Gasteiger partial charge in [0.05, 0.1) is 6.10 Å². The van der Waals surface area contributed by atoms with Crippen molar-refractivity contribution in [1.82, 2.24) is 5.32 Å². The topological polar surface area (TPSA) is 78.4 Å². The molecular formula is C18H26N2O3. The lowest BCUT2D eigenvalue weighted by Gasteiger charge is -2.18. The van der Waals surface area contributed by atoms with Crippen molar-refractivity contribution < 1.29 is 14.7 Å². The van der Waals surface area contributed by atoms with Gasteiger partial charge in [-0.3, -0.25) is 9.59 Å². The van der Waals surface area contributed by atoms with E-state index in [0.29, 0.717) is 5.69 Å². The van der Waals surface area contributed by atoms with E-state index in [1.54, 1.807) is 6.07 Å². The minimum absolute atomic E-state index is 0.128. The second-order valence-corrected chi connectivity index (χ2v) is 6.52. The van der Waals surface area contributed by atoms with Gasteiger partial charge in [0.15, 0.2) is 0 Å². The summed E-state index contributed by atoms with van der Waals surface area (Å²) in [6.45, 7) is 4.19. The average Bonchev–Trinajstić information content (AvgIpc) is 3.07. The Morgan fingerprint density at radius 1 is 1.17 bits per heavy atom. The fourth-order valence-electron chi connectivity index (χ4n) is 3.08. The molecule has 1 unspecified atom stereocenters. The molecule has 5 heteroatoms. The van der Waals surface area contributed by atoms with Crippen molar-refractivity contribution in [3.63, 3.8) is 0 Å². The van der Waals surface area contributed by atoms with Gasteiger partial charge in [-0.1, -0.05) is 44.9 Å². The third-order valence-corrected chi connectivity index (χ3v) is 4.45. The zero-order valence-electron chi connectivity index (χ0n) is 13.8. The molecule has 2 amide bonds. The normalized spacial score (nSPS) is 16.3. The van der Waals surface area contributed by atoms with Gasteiger partial charge in [0.2, 0.25) is 0 Å². The van der Waals surface area contributed by atoms with Crippen molar-refractivity contribution in [2.75, 3.05) is 11.9 Å². The minimum atomic E-state index is -0.708. The smallest absolute Gasteiger partial charge is 0.313 e. The molecule has 1 aliphatic carbocycles. The Morgan fingerprint density at radius 3 is 2.48 bits per heavy atom. The van der Waals surface area contributed by atoms with E-state index >= 15 is 0 Å². The highest BCUT2D eigenvalue weighted by Crippen LogP contribution is 2.27. The van der Waals surface area contributed by atoms with Gasteiger partial charge >= 0.3 is 11.8 Å². The Bertz CT molecular complexity index is 551. The summed E-state index contributed by atoms with van der Waals surface area (Å²) in [5, 5.41) is 15.2. The average molecular weight is 318 g/mol. The fraction of sp³-hybridized carbons (Fsp3) is 0.556. The summed E-state index contributed by atoms with van der Waals surface area (Å²) in [6.07, 6.45) is 3.66. The van der Waals surface area contributed by atoms with Gasteiger partial charge in [-0.15, -0.1) is 0 Å². The standard InChI is InChI=1S/C18H26N2O3/c1-12(2)14-9-5-6-10-15(14)20-18(23)17(22)19-11-16(21)13-7-3-4-8-13/h5-6,9-10,12-13,16,21H,3-4,7-8,11H2,1-2H3,(H,19,22)(H,20,23). The van der Waals surface area contributed by atoms with Crippen molar-refractivity contribution in [3.8, 4) is 0 Å². The van der Waals surface area contributed by atoms with E-state index in [-0.39, 0.29) is 18.4 Å². The zero-order chi connectivity index (χ0) is 16.8. The molecule has 0 heterocycles.